The van der Waals surface area contributed by atoms with E-state index in [9.17, 15) is 4.79 Å². The maximum absolute atomic E-state index is 11.3. The lowest BCUT2D eigenvalue weighted by atomic mass is 10.2. The molecule has 0 saturated carbocycles. The van der Waals surface area contributed by atoms with Gasteiger partial charge in [0.25, 0.3) is 0 Å². The van der Waals surface area contributed by atoms with Gasteiger partial charge < -0.3 is 4.52 Å². The number of aryl methyl sites for hydroxylation is 1. The number of aromatic nitrogens is 3. The molecule has 0 aliphatic heterocycles. The molecule has 0 saturated heterocycles. The van der Waals surface area contributed by atoms with Crippen LogP contribution in [0.25, 0.3) is 0 Å². The molecule has 2 heterocycles. The average molecular weight is 239 g/mol. The molecule has 0 aliphatic rings. The average Bonchev–Trinajstić information content (AvgIpc) is 2.87. The third kappa shape index (κ3) is 2.57. The Morgan fingerprint density at radius 3 is 3.12 bits per heavy atom. The zero-order valence-electron chi connectivity index (χ0n) is 9.05. The van der Waals surface area contributed by atoms with Gasteiger partial charge in [-0.2, -0.15) is 4.98 Å². The summed E-state index contributed by atoms with van der Waals surface area (Å²) in [7, 11) is 0. The fourth-order valence-corrected chi connectivity index (χ4v) is 1.93. The topological polar surface area (TPSA) is 60.9 Å². The number of hydrogen-bond acceptors (Lipinski definition) is 5. The predicted octanol–water partition coefficient (Wildman–Crippen LogP) is 1.68. The highest BCUT2D eigenvalue weighted by molar-refractivity contribution is 7.07. The van der Waals surface area contributed by atoms with Crippen LogP contribution in [0, 0.1) is 0 Å². The van der Waals surface area contributed by atoms with Gasteiger partial charge in [-0.25, -0.2) is 0 Å². The second kappa shape index (κ2) is 5.07. The minimum absolute atomic E-state index is 0.00620. The first-order valence-corrected chi connectivity index (χ1v) is 6.13. The van der Waals surface area contributed by atoms with Crippen LogP contribution in [0.3, 0.4) is 0 Å². The van der Waals surface area contributed by atoms with Crippen molar-refractivity contribution >= 4 is 11.3 Å². The SMILES string of the molecule is CCCCc1noc(Cn2ccsc2=O)n1. The summed E-state index contributed by atoms with van der Waals surface area (Å²) in [5, 5.41) is 5.61. The Balaban J connectivity index is 2.03. The number of nitrogens with zero attached hydrogens (tertiary/aromatic N) is 3. The van der Waals surface area contributed by atoms with Crippen LogP contribution >= 0.6 is 11.3 Å². The molecule has 2 aromatic heterocycles. The fourth-order valence-electron chi connectivity index (χ4n) is 1.34. The van der Waals surface area contributed by atoms with Gasteiger partial charge in [0.2, 0.25) is 5.89 Å². The molecular formula is C10H13N3O2S. The number of rotatable bonds is 5. The highest BCUT2D eigenvalue weighted by Gasteiger charge is 2.07. The van der Waals surface area contributed by atoms with E-state index in [1.165, 1.54) is 0 Å². The molecule has 0 aliphatic carbocycles. The molecule has 0 bridgehead atoms. The largest absolute Gasteiger partial charge is 0.337 e. The fraction of sp³-hybridized carbons (Fsp3) is 0.500. The van der Waals surface area contributed by atoms with E-state index in [0.29, 0.717) is 12.4 Å². The number of hydrogen-bond donors (Lipinski definition) is 0. The molecule has 0 aromatic carbocycles. The van der Waals surface area contributed by atoms with Gasteiger partial charge in [0, 0.05) is 18.0 Å². The Morgan fingerprint density at radius 1 is 1.56 bits per heavy atom. The summed E-state index contributed by atoms with van der Waals surface area (Å²) in [4.78, 5) is 15.5. The minimum atomic E-state index is -0.00620. The van der Waals surface area contributed by atoms with Crippen LogP contribution < -0.4 is 4.87 Å². The van der Waals surface area contributed by atoms with E-state index in [-0.39, 0.29) is 4.87 Å². The van der Waals surface area contributed by atoms with Crippen molar-refractivity contribution in [1.29, 1.82) is 0 Å². The standard InChI is InChI=1S/C10H13N3O2S/c1-2-3-4-8-11-9(15-12-8)7-13-5-6-16-10(13)14/h5-6H,2-4,7H2,1H3. The number of unbranched alkanes of at least 4 members (excludes halogenated alkanes) is 1. The van der Waals surface area contributed by atoms with Gasteiger partial charge in [0.15, 0.2) is 5.82 Å². The third-order valence-corrected chi connectivity index (χ3v) is 2.91. The Morgan fingerprint density at radius 2 is 2.44 bits per heavy atom. The second-order valence-corrected chi connectivity index (χ2v) is 4.36. The molecule has 0 unspecified atom stereocenters. The van der Waals surface area contributed by atoms with E-state index in [0.717, 1.165) is 36.4 Å². The van der Waals surface area contributed by atoms with E-state index >= 15 is 0 Å². The molecule has 2 aromatic rings. The second-order valence-electron chi connectivity index (χ2n) is 3.50. The van der Waals surface area contributed by atoms with E-state index < -0.39 is 0 Å². The Bertz CT molecular complexity index is 500. The van der Waals surface area contributed by atoms with Crippen LogP contribution in [0.15, 0.2) is 20.9 Å². The van der Waals surface area contributed by atoms with Crippen molar-refractivity contribution < 1.29 is 4.52 Å². The lowest BCUT2D eigenvalue weighted by Gasteiger charge is -1.93. The predicted molar refractivity (Wildman–Crippen MR) is 60.6 cm³/mol. The molecule has 5 nitrogen and oxygen atoms in total. The van der Waals surface area contributed by atoms with Crippen molar-refractivity contribution in [2.75, 3.05) is 0 Å². The lowest BCUT2D eigenvalue weighted by Crippen LogP contribution is -2.12. The summed E-state index contributed by atoms with van der Waals surface area (Å²) in [6.45, 7) is 2.48. The molecule has 0 N–H and O–H groups in total. The van der Waals surface area contributed by atoms with Crippen molar-refractivity contribution in [3.63, 3.8) is 0 Å². The van der Waals surface area contributed by atoms with E-state index in [1.54, 1.807) is 16.1 Å². The summed E-state index contributed by atoms with van der Waals surface area (Å²) in [6.07, 6.45) is 4.71. The van der Waals surface area contributed by atoms with Crippen molar-refractivity contribution in [3.8, 4) is 0 Å². The van der Waals surface area contributed by atoms with Gasteiger partial charge in [0.1, 0.15) is 6.54 Å². The molecule has 16 heavy (non-hydrogen) atoms. The van der Waals surface area contributed by atoms with Crippen molar-refractivity contribution in [2.45, 2.75) is 32.7 Å². The number of thiazole rings is 1. The van der Waals surface area contributed by atoms with Crippen molar-refractivity contribution in [2.24, 2.45) is 0 Å². The monoisotopic (exact) mass is 239 g/mol. The van der Waals surface area contributed by atoms with Crippen LogP contribution in [-0.4, -0.2) is 14.7 Å². The van der Waals surface area contributed by atoms with Gasteiger partial charge in [-0.3, -0.25) is 9.36 Å². The molecular weight excluding hydrogens is 226 g/mol. The molecule has 0 radical (unpaired) electrons. The quantitative estimate of drug-likeness (QED) is 0.796. The molecule has 0 fully saturated rings. The minimum Gasteiger partial charge on any atom is -0.337 e. The maximum Gasteiger partial charge on any atom is 0.307 e. The Hall–Kier alpha value is -1.43. The lowest BCUT2D eigenvalue weighted by molar-refractivity contribution is 0.365. The van der Waals surface area contributed by atoms with Crippen LogP contribution in [0.5, 0.6) is 0 Å². The van der Waals surface area contributed by atoms with Gasteiger partial charge in [-0.1, -0.05) is 29.8 Å². The van der Waals surface area contributed by atoms with Crippen LogP contribution in [-0.2, 0) is 13.0 Å². The first-order chi connectivity index (χ1) is 7.79. The van der Waals surface area contributed by atoms with Crippen LogP contribution in [0.1, 0.15) is 31.5 Å². The summed E-state index contributed by atoms with van der Waals surface area (Å²) < 4.78 is 6.63. The smallest absolute Gasteiger partial charge is 0.307 e. The van der Waals surface area contributed by atoms with E-state index in [1.807, 2.05) is 0 Å². The van der Waals surface area contributed by atoms with Crippen molar-refractivity contribution in [1.82, 2.24) is 14.7 Å². The highest BCUT2D eigenvalue weighted by atomic mass is 32.1. The van der Waals surface area contributed by atoms with Crippen LogP contribution in [0.4, 0.5) is 0 Å². The zero-order chi connectivity index (χ0) is 11.4. The Kier molecular flexibility index (Phi) is 3.51. The van der Waals surface area contributed by atoms with Crippen molar-refractivity contribution in [3.05, 3.63) is 33.0 Å². The summed E-state index contributed by atoms with van der Waals surface area (Å²) in [5.74, 6) is 1.21. The maximum atomic E-state index is 11.3. The molecule has 0 amide bonds. The normalized spacial score (nSPS) is 10.8. The zero-order valence-corrected chi connectivity index (χ0v) is 9.87. The Labute approximate surface area is 96.7 Å². The summed E-state index contributed by atoms with van der Waals surface area (Å²) in [5.41, 5.74) is 0. The van der Waals surface area contributed by atoms with Gasteiger partial charge >= 0.3 is 4.87 Å². The molecule has 6 heteroatoms. The van der Waals surface area contributed by atoms with E-state index in [4.69, 9.17) is 4.52 Å². The van der Waals surface area contributed by atoms with Gasteiger partial charge in [-0.15, -0.1) is 0 Å². The molecule has 2 rings (SSSR count). The molecule has 0 spiro atoms. The molecule has 86 valence electrons. The molecule has 0 atom stereocenters. The van der Waals surface area contributed by atoms with E-state index in [2.05, 4.69) is 17.1 Å². The first-order valence-electron chi connectivity index (χ1n) is 5.25. The van der Waals surface area contributed by atoms with Gasteiger partial charge in [-0.05, 0) is 6.42 Å². The van der Waals surface area contributed by atoms with Crippen LogP contribution in [0.2, 0.25) is 0 Å². The summed E-state index contributed by atoms with van der Waals surface area (Å²) in [6, 6.07) is 0. The third-order valence-electron chi connectivity index (χ3n) is 2.21. The van der Waals surface area contributed by atoms with Gasteiger partial charge in [0.05, 0.1) is 0 Å². The summed E-state index contributed by atoms with van der Waals surface area (Å²) >= 11 is 1.16. The first kappa shape index (κ1) is 11.1. The highest BCUT2D eigenvalue weighted by Crippen LogP contribution is 2.03.